The molecule has 1 aliphatic carbocycles. The number of nitrogens with one attached hydrogen (secondary N) is 1. The Morgan fingerprint density at radius 2 is 1.78 bits per heavy atom. The van der Waals surface area contributed by atoms with Crippen LogP contribution in [0.4, 0.5) is 36.2 Å². The van der Waals surface area contributed by atoms with E-state index in [1.54, 1.807) is 30.5 Å². The number of nitrogens with two attached hydrogens (primary N) is 1. The molecule has 1 saturated heterocycles. The monoisotopic (exact) mass is 563 g/mol. The number of piperidine rings is 1. The van der Waals surface area contributed by atoms with E-state index in [9.17, 15) is 22.8 Å². The number of hydrogen-bond acceptors (Lipinski definition) is 5. The van der Waals surface area contributed by atoms with Gasteiger partial charge in [-0.2, -0.15) is 17.7 Å². The van der Waals surface area contributed by atoms with E-state index in [1.165, 1.54) is 6.42 Å². The van der Waals surface area contributed by atoms with E-state index in [2.05, 4.69) is 15.3 Å². The maximum absolute atomic E-state index is 13.0. The van der Waals surface area contributed by atoms with E-state index in [0.717, 1.165) is 73.2 Å². The topological polar surface area (TPSA) is 104 Å². The summed E-state index contributed by atoms with van der Waals surface area (Å²) in [6, 6.07) is 10.3. The third-order valence-electron chi connectivity index (χ3n) is 8.26. The summed E-state index contributed by atoms with van der Waals surface area (Å²) in [5.41, 5.74) is 9.28. The maximum atomic E-state index is 13.0. The van der Waals surface area contributed by atoms with Crippen molar-refractivity contribution < 1.29 is 22.8 Å². The largest absolute Gasteiger partial charge is 0.416 e. The molecule has 3 N–H and O–H groups in total. The summed E-state index contributed by atoms with van der Waals surface area (Å²) in [6.07, 6.45) is 4.11. The van der Waals surface area contributed by atoms with Gasteiger partial charge in [0.15, 0.2) is 5.82 Å². The van der Waals surface area contributed by atoms with E-state index < -0.39 is 17.6 Å². The van der Waals surface area contributed by atoms with Crippen LogP contribution in [0.15, 0.2) is 54.9 Å². The number of nitrogen functional groups attached to an aromatic ring is 1. The Hall–Kier alpha value is -4.28. The van der Waals surface area contributed by atoms with Crippen molar-refractivity contribution in [3.05, 3.63) is 71.5 Å². The van der Waals surface area contributed by atoms with Gasteiger partial charge in [0, 0.05) is 49.6 Å². The number of benzene rings is 1. The van der Waals surface area contributed by atoms with Gasteiger partial charge < -0.3 is 16.0 Å². The summed E-state index contributed by atoms with van der Waals surface area (Å²) in [6.45, 7) is 1.41. The highest BCUT2D eigenvalue weighted by Gasteiger charge is 2.46. The molecule has 0 radical (unpaired) electrons. The predicted molar refractivity (Wildman–Crippen MR) is 149 cm³/mol. The molecule has 2 aromatic heterocycles. The van der Waals surface area contributed by atoms with Gasteiger partial charge in [-0.3, -0.25) is 9.59 Å². The van der Waals surface area contributed by atoms with Crippen molar-refractivity contribution in [1.82, 2.24) is 19.4 Å². The number of pyridine rings is 2. The minimum Gasteiger partial charge on any atom is -0.378 e. The molecule has 4 heterocycles. The Bertz CT molecular complexity index is 1530. The molecule has 3 aliphatic rings. The molecule has 41 heavy (non-hydrogen) atoms. The number of nitrogens with zero attached hydrogens (tertiary/aromatic N) is 4. The highest BCUT2D eigenvalue weighted by molar-refractivity contribution is 6.18. The minimum atomic E-state index is -4.54. The molecule has 2 amide bonds. The summed E-state index contributed by atoms with van der Waals surface area (Å²) >= 11 is 0. The summed E-state index contributed by atoms with van der Waals surface area (Å²) in [5, 5.41) is 2.43. The normalized spacial score (nSPS) is 18.8. The van der Waals surface area contributed by atoms with Crippen molar-refractivity contribution >= 4 is 40.5 Å². The third kappa shape index (κ3) is 5.28. The van der Waals surface area contributed by atoms with Crippen molar-refractivity contribution in [3.63, 3.8) is 0 Å². The van der Waals surface area contributed by atoms with Gasteiger partial charge in [-0.25, -0.2) is 9.97 Å². The molecule has 8 nitrogen and oxygen atoms in total. The quantitative estimate of drug-likeness (QED) is 0.391. The van der Waals surface area contributed by atoms with Crippen LogP contribution in [0, 0.1) is 11.8 Å². The predicted octanol–water partition coefficient (Wildman–Crippen LogP) is 5.40. The summed E-state index contributed by atoms with van der Waals surface area (Å²) in [5.74, 6) is 0.489. The van der Waals surface area contributed by atoms with Crippen molar-refractivity contribution in [1.29, 1.82) is 0 Å². The number of likely N-dealkylation sites (tertiary alicyclic amines) is 1. The van der Waals surface area contributed by atoms with E-state index >= 15 is 0 Å². The van der Waals surface area contributed by atoms with Gasteiger partial charge in [-0.15, -0.1) is 0 Å². The first-order valence-corrected chi connectivity index (χ1v) is 13.8. The number of anilines is 2. The fourth-order valence-electron chi connectivity index (χ4n) is 5.90. The number of fused-ring (bicyclic) bond motifs is 1. The lowest BCUT2D eigenvalue weighted by molar-refractivity contribution is -0.137. The van der Waals surface area contributed by atoms with Crippen molar-refractivity contribution in [2.24, 2.45) is 11.8 Å². The van der Waals surface area contributed by atoms with Crippen LogP contribution in [0.5, 0.6) is 0 Å². The lowest BCUT2D eigenvalue weighted by atomic mass is 9.81. The second-order valence-corrected chi connectivity index (χ2v) is 10.9. The molecular formula is C30H30F3N6O2+. The van der Waals surface area contributed by atoms with E-state index in [1.807, 2.05) is 15.5 Å². The molecule has 2 fully saturated rings. The molecule has 1 aromatic carbocycles. The van der Waals surface area contributed by atoms with Gasteiger partial charge in [0.05, 0.1) is 11.5 Å². The SMILES string of the molecule is Nc1nccc2c1[N+](c1ccc(C(=O)Nc3cc(C(F)(F)F)ccn3)cc1)=C2C1CCCN(C(=O)CC2CCC2)C1. The lowest BCUT2D eigenvalue weighted by Crippen LogP contribution is -2.47. The third-order valence-corrected chi connectivity index (χ3v) is 8.26. The first kappa shape index (κ1) is 26.9. The molecule has 0 bridgehead atoms. The number of carbonyl (C=O) groups excluding carboxylic acids is 2. The molecule has 1 atom stereocenters. The Morgan fingerprint density at radius 1 is 1.02 bits per heavy atom. The Balaban J connectivity index is 1.24. The van der Waals surface area contributed by atoms with Crippen LogP contribution < -0.4 is 15.6 Å². The molecule has 11 heteroatoms. The first-order valence-electron chi connectivity index (χ1n) is 13.8. The Kier molecular flexibility index (Phi) is 6.96. The Morgan fingerprint density at radius 3 is 2.49 bits per heavy atom. The van der Waals surface area contributed by atoms with Crippen molar-refractivity contribution in [2.45, 2.75) is 44.7 Å². The fraction of sp³-hybridized carbons (Fsp3) is 0.367. The molecule has 1 saturated carbocycles. The molecule has 6 rings (SSSR count). The van der Waals surface area contributed by atoms with Gasteiger partial charge in [0.1, 0.15) is 11.4 Å². The Labute approximate surface area is 235 Å². The van der Waals surface area contributed by atoms with E-state index in [-0.39, 0.29) is 23.2 Å². The van der Waals surface area contributed by atoms with Crippen LogP contribution in [-0.4, -0.2) is 45.5 Å². The number of alkyl halides is 3. The minimum absolute atomic E-state index is 0.123. The van der Waals surface area contributed by atoms with Crippen molar-refractivity contribution in [3.8, 4) is 0 Å². The van der Waals surface area contributed by atoms with Gasteiger partial charge in [-0.1, -0.05) is 6.42 Å². The summed E-state index contributed by atoms with van der Waals surface area (Å²) in [4.78, 5) is 35.9. The highest BCUT2D eigenvalue weighted by Crippen LogP contribution is 2.41. The zero-order valence-corrected chi connectivity index (χ0v) is 22.3. The van der Waals surface area contributed by atoms with Crippen LogP contribution in [0.2, 0.25) is 0 Å². The number of hydrogen-bond donors (Lipinski definition) is 2. The van der Waals surface area contributed by atoms with Gasteiger partial charge in [0.2, 0.25) is 17.3 Å². The fourth-order valence-corrected chi connectivity index (χ4v) is 5.90. The highest BCUT2D eigenvalue weighted by atomic mass is 19.4. The van der Waals surface area contributed by atoms with Crippen LogP contribution >= 0.6 is 0 Å². The second-order valence-electron chi connectivity index (χ2n) is 10.9. The molecule has 212 valence electrons. The number of rotatable bonds is 6. The first-order chi connectivity index (χ1) is 19.7. The zero-order chi connectivity index (χ0) is 28.7. The van der Waals surface area contributed by atoms with Gasteiger partial charge in [-0.05, 0) is 61.9 Å². The zero-order valence-electron chi connectivity index (χ0n) is 22.3. The molecular weight excluding hydrogens is 533 g/mol. The molecule has 1 unspecified atom stereocenters. The maximum Gasteiger partial charge on any atom is 0.416 e. The van der Waals surface area contributed by atoms with Gasteiger partial charge >= 0.3 is 6.18 Å². The van der Waals surface area contributed by atoms with Gasteiger partial charge in [0.25, 0.3) is 11.6 Å². The standard InChI is InChI=1S/C30H29F3N6O2/c31-30(32,33)21-10-12-35-24(16-21)37-29(41)19-6-8-22(9-7-19)39-26(23-11-13-36-28(34)27(23)39)20-5-2-14-38(17-20)25(40)15-18-3-1-4-18/h6-13,16,18,20H,1-5,14-15,17H2,(H2-,34,35,36,37,41)/p+1. The number of carbonyl (C=O) groups is 2. The number of halogens is 3. The van der Waals surface area contributed by atoms with Crippen LogP contribution in [0.1, 0.15) is 60.0 Å². The molecule has 3 aromatic rings. The summed E-state index contributed by atoms with van der Waals surface area (Å²) in [7, 11) is 0. The van der Waals surface area contributed by atoms with Crippen LogP contribution in [0.25, 0.3) is 0 Å². The number of amides is 2. The lowest BCUT2D eigenvalue weighted by Gasteiger charge is -2.36. The average molecular weight is 564 g/mol. The van der Waals surface area contributed by atoms with E-state index in [0.29, 0.717) is 24.7 Å². The van der Waals surface area contributed by atoms with Crippen LogP contribution in [-0.2, 0) is 11.0 Å². The number of aromatic nitrogens is 2. The summed E-state index contributed by atoms with van der Waals surface area (Å²) < 4.78 is 41.1. The average Bonchev–Trinajstić information content (AvgIpc) is 2.92. The van der Waals surface area contributed by atoms with E-state index in [4.69, 9.17) is 5.73 Å². The molecule has 2 aliphatic heterocycles. The smallest absolute Gasteiger partial charge is 0.378 e. The second kappa shape index (κ2) is 10.6. The van der Waals surface area contributed by atoms with Crippen molar-refractivity contribution in [2.75, 3.05) is 24.1 Å². The molecule has 0 spiro atoms. The van der Waals surface area contributed by atoms with Crippen LogP contribution in [0.3, 0.4) is 0 Å².